The van der Waals surface area contributed by atoms with Crippen LogP contribution in [-0.2, 0) is 0 Å². The van der Waals surface area contributed by atoms with E-state index >= 15 is 0 Å². The Morgan fingerprint density at radius 1 is 0.500 bits per heavy atom. The highest BCUT2D eigenvalue weighted by Gasteiger charge is 2.05. The molecule has 1 heterocycles. The van der Waals surface area contributed by atoms with E-state index in [1.807, 2.05) is 24.3 Å². The lowest BCUT2D eigenvalue weighted by molar-refractivity contribution is 1.24. The fourth-order valence-corrected chi connectivity index (χ4v) is 3.84. The van der Waals surface area contributed by atoms with Gasteiger partial charge in [0.2, 0.25) is 0 Å². The second-order valence-electron chi connectivity index (χ2n) is 7.99. The number of rotatable bonds is 4. The Morgan fingerprint density at radius 2 is 0.867 bits per heavy atom. The molecule has 0 aliphatic heterocycles. The van der Waals surface area contributed by atoms with Crippen LogP contribution in [0, 0.1) is 27.7 Å². The molecule has 2 heteroatoms. The van der Waals surface area contributed by atoms with E-state index in [0.29, 0.717) is 0 Å². The summed E-state index contributed by atoms with van der Waals surface area (Å²) in [5.41, 5.74) is 10.9. The molecule has 2 nitrogen and oxygen atoms in total. The molecule has 0 atom stereocenters. The third-order valence-corrected chi connectivity index (χ3v) is 4.98. The fraction of sp³-hybridized carbons (Fsp3) is 0.143. The van der Waals surface area contributed by atoms with Crippen LogP contribution < -0.4 is 0 Å². The van der Waals surface area contributed by atoms with Crippen molar-refractivity contribution in [2.75, 3.05) is 0 Å². The van der Waals surface area contributed by atoms with Gasteiger partial charge in [-0.3, -0.25) is 0 Å². The van der Waals surface area contributed by atoms with Crippen LogP contribution >= 0.6 is 0 Å². The Labute approximate surface area is 178 Å². The van der Waals surface area contributed by atoms with Crippen molar-refractivity contribution < 1.29 is 0 Å². The lowest BCUT2D eigenvalue weighted by Crippen LogP contribution is -1.94. The Hall–Kier alpha value is -3.52. The molecule has 0 fully saturated rings. The molecule has 0 saturated heterocycles. The number of benzene rings is 3. The van der Waals surface area contributed by atoms with Crippen molar-refractivity contribution >= 4 is 35.3 Å². The van der Waals surface area contributed by atoms with Crippen LogP contribution in [-0.4, -0.2) is 9.97 Å². The van der Waals surface area contributed by atoms with Crippen molar-refractivity contribution in [2.24, 2.45) is 0 Å². The average molecular weight is 391 g/mol. The first-order chi connectivity index (χ1) is 14.5. The van der Waals surface area contributed by atoms with Gasteiger partial charge in [-0.2, -0.15) is 0 Å². The van der Waals surface area contributed by atoms with Crippen LogP contribution in [0.25, 0.3) is 35.3 Å². The van der Waals surface area contributed by atoms with Gasteiger partial charge in [-0.15, -0.1) is 0 Å². The van der Waals surface area contributed by atoms with Gasteiger partial charge in [0.15, 0.2) is 0 Å². The zero-order valence-corrected chi connectivity index (χ0v) is 18.0. The smallest absolute Gasteiger partial charge is 0.0894 e. The predicted molar refractivity (Wildman–Crippen MR) is 129 cm³/mol. The Balaban J connectivity index is 1.77. The van der Waals surface area contributed by atoms with Crippen molar-refractivity contribution in [3.05, 3.63) is 105 Å². The molecule has 0 amide bonds. The van der Waals surface area contributed by atoms with E-state index in [-0.39, 0.29) is 0 Å². The maximum atomic E-state index is 4.88. The number of aryl methyl sites for hydroxylation is 4. The number of hydrogen-bond donors (Lipinski definition) is 0. The normalized spacial score (nSPS) is 11.7. The monoisotopic (exact) mass is 390 g/mol. The van der Waals surface area contributed by atoms with Crippen molar-refractivity contribution in [3.8, 4) is 0 Å². The molecule has 0 aliphatic carbocycles. The first-order valence-electron chi connectivity index (χ1n) is 10.3. The molecule has 148 valence electrons. The highest BCUT2D eigenvalue weighted by molar-refractivity contribution is 5.82. The van der Waals surface area contributed by atoms with E-state index < -0.39 is 0 Å². The molecule has 3 aromatic carbocycles. The van der Waals surface area contributed by atoms with E-state index in [1.54, 1.807) is 0 Å². The molecule has 30 heavy (non-hydrogen) atoms. The summed E-state index contributed by atoms with van der Waals surface area (Å²) >= 11 is 0. The number of para-hydroxylation sites is 2. The van der Waals surface area contributed by atoms with Crippen molar-refractivity contribution in [2.45, 2.75) is 27.7 Å². The van der Waals surface area contributed by atoms with Crippen LogP contribution in [0.3, 0.4) is 0 Å². The topological polar surface area (TPSA) is 25.8 Å². The van der Waals surface area contributed by atoms with E-state index in [2.05, 4.69) is 88.4 Å². The quantitative estimate of drug-likeness (QED) is 0.368. The van der Waals surface area contributed by atoms with Gasteiger partial charge in [0.05, 0.1) is 22.4 Å². The molecule has 0 radical (unpaired) electrons. The van der Waals surface area contributed by atoms with E-state index in [1.165, 1.54) is 33.4 Å². The number of nitrogens with zero attached hydrogens (tertiary/aromatic N) is 2. The summed E-state index contributed by atoms with van der Waals surface area (Å²) in [6.45, 7) is 8.49. The van der Waals surface area contributed by atoms with Gasteiger partial charge in [0.1, 0.15) is 0 Å². The van der Waals surface area contributed by atoms with Gasteiger partial charge in [-0.05, 0) is 63.1 Å². The lowest BCUT2D eigenvalue weighted by Gasteiger charge is -2.05. The maximum absolute atomic E-state index is 4.88. The van der Waals surface area contributed by atoms with E-state index in [0.717, 1.165) is 22.4 Å². The SMILES string of the molecule is Cc1cc(C)cc(C=Cc2nc3ccccc3nc2C=Cc2cc(C)cc(C)c2)c1. The van der Waals surface area contributed by atoms with Crippen LogP contribution in [0.4, 0.5) is 0 Å². The molecular weight excluding hydrogens is 364 g/mol. The summed E-state index contributed by atoms with van der Waals surface area (Å²) in [7, 11) is 0. The Morgan fingerprint density at radius 3 is 1.23 bits per heavy atom. The molecule has 4 rings (SSSR count). The summed E-state index contributed by atoms with van der Waals surface area (Å²) in [5.74, 6) is 0. The van der Waals surface area contributed by atoms with Crippen molar-refractivity contribution in [1.82, 2.24) is 9.97 Å². The van der Waals surface area contributed by atoms with Crippen LogP contribution in [0.15, 0.2) is 60.7 Å². The van der Waals surface area contributed by atoms with Gasteiger partial charge in [-0.25, -0.2) is 9.97 Å². The van der Waals surface area contributed by atoms with Gasteiger partial charge < -0.3 is 0 Å². The minimum Gasteiger partial charge on any atom is -0.245 e. The number of aromatic nitrogens is 2. The van der Waals surface area contributed by atoms with Crippen LogP contribution in [0.1, 0.15) is 44.8 Å². The van der Waals surface area contributed by atoms with Gasteiger partial charge in [0.25, 0.3) is 0 Å². The predicted octanol–water partition coefficient (Wildman–Crippen LogP) is 7.20. The summed E-state index contributed by atoms with van der Waals surface area (Å²) in [4.78, 5) is 9.76. The fourth-order valence-electron chi connectivity index (χ4n) is 3.84. The Bertz CT molecular complexity index is 1140. The molecule has 4 aromatic rings. The molecular formula is C28H26N2. The van der Waals surface area contributed by atoms with Gasteiger partial charge >= 0.3 is 0 Å². The number of hydrogen-bond acceptors (Lipinski definition) is 2. The Kier molecular flexibility index (Phi) is 5.58. The van der Waals surface area contributed by atoms with Gasteiger partial charge in [0, 0.05) is 0 Å². The minimum atomic E-state index is 0.869. The van der Waals surface area contributed by atoms with E-state index in [4.69, 9.17) is 9.97 Å². The van der Waals surface area contributed by atoms with Crippen LogP contribution in [0.5, 0.6) is 0 Å². The van der Waals surface area contributed by atoms with Gasteiger partial charge in [-0.1, -0.05) is 82.9 Å². The zero-order chi connectivity index (χ0) is 21.1. The second-order valence-corrected chi connectivity index (χ2v) is 7.99. The van der Waals surface area contributed by atoms with Crippen molar-refractivity contribution in [3.63, 3.8) is 0 Å². The first-order valence-corrected chi connectivity index (χ1v) is 10.3. The third kappa shape index (κ3) is 4.72. The zero-order valence-electron chi connectivity index (χ0n) is 18.0. The average Bonchev–Trinajstić information content (AvgIpc) is 2.69. The molecule has 0 unspecified atom stereocenters. The summed E-state index contributed by atoms with van der Waals surface area (Å²) in [5, 5.41) is 0. The highest BCUT2D eigenvalue weighted by atomic mass is 14.8. The van der Waals surface area contributed by atoms with Crippen molar-refractivity contribution in [1.29, 1.82) is 0 Å². The maximum Gasteiger partial charge on any atom is 0.0894 e. The molecule has 0 saturated carbocycles. The summed E-state index contributed by atoms with van der Waals surface area (Å²) in [6.07, 6.45) is 8.36. The first kappa shape index (κ1) is 19.8. The van der Waals surface area contributed by atoms with E-state index in [9.17, 15) is 0 Å². The highest BCUT2D eigenvalue weighted by Crippen LogP contribution is 2.19. The molecule has 0 N–H and O–H groups in total. The van der Waals surface area contributed by atoms with Crippen LogP contribution in [0.2, 0.25) is 0 Å². The number of fused-ring (bicyclic) bond motifs is 1. The third-order valence-electron chi connectivity index (χ3n) is 4.98. The second kappa shape index (κ2) is 8.46. The largest absolute Gasteiger partial charge is 0.245 e. The summed E-state index contributed by atoms with van der Waals surface area (Å²) < 4.78 is 0. The molecule has 0 bridgehead atoms. The molecule has 0 aliphatic rings. The summed E-state index contributed by atoms with van der Waals surface area (Å²) in [6, 6.07) is 21.1. The standard InChI is InChI=1S/C28H26N2/c1-19-13-20(2)16-23(15-19)9-11-27-28(30-26-8-6-5-7-25(26)29-27)12-10-24-17-21(3)14-22(4)18-24/h5-18H,1-4H3. The molecule has 1 aromatic heterocycles. The lowest BCUT2D eigenvalue weighted by atomic mass is 10.1. The minimum absolute atomic E-state index is 0.869. The molecule has 0 spiro atoms.